The van der Waals surface area contributed by atoms with Gasteiger partial charge in [-0.25, -0.2) is 0 Å². The quantitative estimate of drug-likeness (QED) is 0.703. The van der Waals surface area contributed by atoms with Gasteiger partial charge in [-0.3, -0.25) is 4.79 Å². The molecule has 1 nitrogen and oxygen atoms in total. The molecule has 0 aliphatic carbocycles. The van der Waals surface area contributed by atoms with Crippen LogP contribution < -0.4 is 0 Å². The van der Waals surface area contributed by atoms with Crippen LogP contribution in [0.4, 0.5) is 0 Å². The predicted molar refractivity (Wildman–Crippen MR) is 48.9 cm³/mol. The minimum absolute atomic E-state index is 0.219. The van der Waals surface area contributed by atoms with E-state index >= 15 is 0 Å². The number of halogens is 1. The first-order valence-corrected chi connectivity index (χ1v) is 4.56. The molecule has 1 aromatic rings. The van der Waals surface area contributed by atoms with E-state index in [2.05, 4.69) is 15.9 Å². The lowest BCUT2D eigenvalue weighted by atomic mass is 10.1. The molecule has 0 unspecified atom stereocenters. The molecule has 0 heterocycles. The fourth-order valence-corrected chi connectivity index (χ4v) is 1.07. The maximum absolute atomic E-state index is 10.9. The Balaban J connectivity index is 2.58. The molecule has 0 aliphatic rings. The number of Topliss-reactive ketones (excluding diaryl/α,β-unsaturated/α-hetero) is 1. The number of hydrogen-bond acceptors (Lipinski definition) is 1. The van der Waals surface area contributed by atoms with Crippen molar-refractivity contribution in [1.29, 1.82) is 0 Å². The van der Waals surface area contributed by atoms with Gasteiger partial charge in [0.05, 0.1) is 5.33 Å². The lowest BCUT2D eigenvalue weighted by molar-refractivity contribution is -0.115. The average molecular weight is 213 g/mol. The van der Waals surface area contributed by atoms with Crippen molar-refractivity contribution in [2.45, 2.75) is 6.42 Å². The molecule has 0 radical (unpaired) electrons. The minimum atomic E-state index is 0.219. The van der Waals surface area contributed by atoms with Crippen LogP contribution in [-0.2, 0) is 11.2 Å². The molecule has 0 fully saturated rings. The highest BCUT2D eigenvalue weighted by molar-refractivity contribution is 9.09. The zero-order valence-electron chi connectivity index (χ0n) is 6.09. The van der Waals surface area contributed by atoms with Crippen LogP contribution in [0.1, 0.15) is 5.56 Å². The van der Waals surface area contributed by atoms with Gasteiger partial charge in [0, 0.05) is 6.42 Å². The van der Waals surface area contributed by atoms with Crippen LogP contribution in [0.3, 0.4) is 0 Å². The van der Waals surface area contributed by atoms with Gasteiger partial charge in [-0.1, -0.05) is 46.3 Å². The lowest BCUT2D eigenvalue weighted by Crippen LogP contribution is -2.02. The summed E-state index contributed by atoms with van der Waals surface area (Å²) in [7, 11) is 0. The number of hydrogen-bond donors (Lipinski definition) is 0. The molecule has 0 aliphatic heterocycles. The monoisotopic (exact) mass is 212 g/mol. The Morgan fingerprint density at radius 1 is 1.27 bits per heavy atom. The fourth-order valence-electron chi connectivity index (χ4n) is 0.871. The van der Waals surface area contributed by atoms with E-state index in [9.17, 15) is 4.79 Å². The lowest BCUT2D eigenvalue weighted by Gasteiger charge is -1.95. The summed E-state index contributed by atoms with van der Waals surface area (Å²) in [5.41, 5.74) is 1.08. The van der Waals surface area contributed by atoms with Crippen molar-refractivity contribution in [3.8, 4) is 0 Å². The number of carbonyl (C=O) groups is 1. The normalized spacial score (nSPS) is 9.55. The molecule has 2 heteroatoms. The van der Waals surface area contributed by atoms with Crippen molar-refractivity contribution in [3.05, 3.63) is 35.9 Å². The van der Waals surface area contributed by atoms with Gasteiger partial charge in [0.15, 0.2) is 0 Å². The minimum Gasteiger partial charge on any atom is -0.298 e. The van der Waals surface area contributed by atoms with Crippen molar-refractivity contribution in [1.82, 2.24) is 0 Å². The summed E-state index contributed by atoms with van der Waals surface area (Å²) >= 11 is 3.12. The molecular weight excluding hydrogens is 204 g/mol. The Morgan fingerprint density at radius 3 is 2.45 bits per heavy atom. The zero-order chi connectivity index (χ0) is 8.10. The summed E-state index contributed by atoms with van der Waals surface area (Å²) in [6.07, 6.45) is 0.534. The molecule has 0 amide bonds. The summed E-state index contributed by atoms with van der Waals surface area (Å²) in [4.78, 5) is 10.9. The van der Waals surface area contributed by atoms with Crippen molar-refractivity contribution in [2.75, 3.05) is 5.33 Å². The van der Waals surface area contributed by atoms with E-state index in [1.165, 1.54) is 0 Å². The van der Waals surface area contributed by atoms with Crippen LogP contribution in [0.15, 0.2) is 30.3 Å². The number of rotatable bonds is 3. The molecule has 58 valence electrons. The van der Waals surface area contributed by atoms with Crippen LogP contribution in [0, 0.1) is 0 Å². The van der Waals surface area contributed by atoms with Gasteiger partial charge in [0.2, 0.25) is 0 Å². The van der Waals surface area contributed by atoms with Gasteiger partial charge in [-0.2, -0.15) is 0 Å². The first-order valence-electron chi connectivity index (χ1n) is 3.44. The molecule has 0 atom stereocenters. The average Bonchev–Trinajstić information content (AvgIpc) is 2.06. The van der Waals surface area contributed by atoms with E-state index in [0.717, 1.165) is 5.56 Å². The molecule has 0 saturated heterocycles. The van der Waals surface area contributed by atoms with E-state index < -0.39 is 0 Å². The van der Waals surface area contributed by atoms with E-state index in [0.29, 0.717) is 11.8 Å². The third kappa shape index (κ3) is 2.85. The maximum atomic E-state index is 10.9. The number of alkyl halides is 1. The summed E-state index contributed by atoms with van der Waals surface area (Å²) in [5.74, 6) is 0.219. The van der Waals surface area contributed by atoms with E-state index in [4.69, 9.17) is 0 Å². The second-order valence-corrected chi connectivity index (χ2v) is 2.90. The smallest absolute Gasteiger partial charge is 0.147 e. The topological polar surface area (TPSA) is 17.1 Å². The van der Waals surface area contributed by atoms with E-state index in [1.807, 2.05) is 30.3 Å². The molecule has 1 aromatic carbocycles. The highest BCUT2D eigenvalue weighted by Gasteiger charge is 1.99. The van der Waals surface area contributed by atoms with Gasteiger partial charge in [0.25, 0.3) is 0 Å². The second-order valence-electron chi connectivity index (χ2n) is 2.33. The van der Waals surface area contributed by atoms with Crippen LogP contribution in [0.2, 0.25) is 0 Å². The molecule has 0 aromatic heterocycles. The van der Waals surface area contributed by atoms with Crippen LogP contribution in [0.5, 0.6) is 0 Å². The Bertz CT molecular complexity index is 231. The van der Waals surface area contributed by atoms with Crippen LogP contribution in [-0.4, -0.2) is 11.1 Å². The summed E-state index contributed by atoms with van der Waals surface area (Å²) in [5, 5.41) is 0.446. The SMILES string of the molecule is O=C(CBr)Cc1ccccc1. The molecule has 0 bridgehead atoms. The highest BCUT2D eigenvalue weighted by atomic mass is 79.9. The maximum Gasteiger partial charge on any atom is 0.147 e. The standard InChI is InChI=1S/C9H9BrO/c10-7-9(11)6-8-4-2-1-3-5-8/h1-5H,6-7H2. The highest BCUT2D eigenvalue weighted by Crippen LogP contribution is 2.00. The summed E-state index contributed by atoms with van der Waals surface area (Å²) in [6, 6.07) is 9.75. The third-order valence-electron chi connectivity index (χ3n) is 1.39. The zero-order valence-corrected chi connectivity index (χ0v) is 7.67. The largest absolute Gasteiger partial charge is 0.298 e. The number of carbonyl (C=O) groups excluding carboxylic acids is 1. The molecule has 1 rings (SSSR count). The molecular formula is C9H9BrO. The predicted octanol–water partition coefficient (Wildman–Crippen LogP) is 2.19. The van der Waals surface area contributed by atoms with Crippen molar-refractivity contribution in [2.24, 2.45) is 0 Å². The third-order valence-corrected chi connectivity index (χ3v) is 2.02. The Kier molecular flexibility index (Phi) is 3.30. The van der Waals surface area contributed by atoms with Gasteiger partial charge in [-0.15, -0.1) is 0 Å². The van der Waals surface area contributed by atoms with Crippen LogP contribution >= 0.6 is 15.9 Å². The van der Waals surface area contributed by atoms with Gasteiger partial charge < -0.3 is 0 Å². The second kappa shape index (κ2) is 4.29. The van der Waals surface area contributed by atoms with Crippen molar-refractivity contribution in [3.63, 3.8) is 0 Å². The first kappa shape index (κ1) is 8.47. The van der Waals surface area contributed by atoms with E-state index in [-0.39, 0.29) is 5.78 Å². The van der Waals surface area contributed by atoms with Gasteiger partial charge in [0.1, 0.15) is 5.78 Å². The van der Waals surface area contributed by atoms with E-state index in [1.54, 1.807) is 0 Å². The molecule has 0 spiro atoms. The molecule has 11 heavy (non-hydrogen) atoms. The summed E-state index contributed by atoms with van der Waals surface area (Å²) in [6.45, 7) is 0. The number of ketones is 1. The van der Waals surface area contributed by atoms with Gasteiger partial charge in [-0.05, 0) is 5.56 Å². The Labute approximate surface area is 74.6 Å². The number of benzene rings is 1. The van der Waals surface area contributed by atoms with Gasteiger partial charge >= 0.3 is 0 Å². The van der Waals surface area contributed by atoms with Crippen molar-refractivity contribution >= 4 is 21.7 Å². The molecule has 0 saturated carbocycles. The molecule has 0 N–H and O–H groups in total. The summed E-state index contributed by atoms with van der Waals surface area (Å²) < 4.78 is 0. The first-order chi connectivity index (χ1) is 5.33. The Morgan fingerprint density at radius 2 is 1.91 bits per heavy atom. The fraction of sp³-hybridized carbons (Fsp3) is 0.222. The van der Waals surface area contributed by atoms with Crippen molar-refractivity contribution < 1.29 is 4.79 Å². The van der Waals surface area contributed by atoms with Crippen LogP contribution in [0.25, 0.3) is 0 Å². The Hall–Kier alpha value is -0.630.